The molecule has 0 radical (unpaired) electrons. The summed E-state index contributed by atoms with van der Waals surface area (Å²) in [6.07, 6.45) is 1.56. The van der Waals surface area contributed by atoms with E-state index >= 15 is 0 Å². The van der Waals surface area contributed by atoms with Gasteiger partial charge in [-0.25, -0.2) is 4.98 Å². The number of nitrogens with zero attached hydrogens (tertiary/aromatic N) is 2. The van der Waals surface area contributed by atoms with Crippen LogP contribution < -0.4 is 14.2 Å². The molecule has 1 fully saturated rings. The van der Waals surface area contributed by atoms with Crippen LogP contribution in [-0.2, 0) is 11.3 Å². The minimum absolute atomic E-state index is 0.290. The van der Waals surface area contributed by atoms with Gasteiger partial charge in [0.05, 0.1) is 25.4 Å². The first-order valence-corrected chi connectivity index (χ1v) is 10.3. The molecule has 3 aromatic rings. The number of aromatic nitrogens is 1. The van der Waals surface area contributed by atoms with E-state index in [9.17, 15) is 0 Å². The number of para-hydroxylation sites is 1. The standard InChI is InChI=1S/C25H28N2O4/c1-25(2)17-27(24(31-25)23-20(28-3)11-8-12-21(23)29-4)16-18-13-14-22(26-15-18)30-19-9-6-5-7-10-19/h5-15,24H,16-17H2,1-4H3. The maximum absolute atomic E-state index is 6.43. The monoisotopic (exact) mass is 420 g/mol. The summed E-state index contributed by atoms with van der Waals surface area (Å²) in [5.74, 6) is 2.82. The SMILES string of the molecule is COc1cccc(OC)c1C1OC(C)(C)CN1Cc1ccc(Oc2ccccc2)nc1. The number of methoxy groups -OCH3 is 2. The van der Waals surface area contributed by atoms with Crippen molar-refractivity contribution >= 4 is 0 Å². The normalized spacial score (nSPS) is 18.0. The van der Waals surface area contributed by atoms with E-state index in [4.69, 9.17) is 18.9 Å². The van der Waals surface area contributed by atoms with Crippen molar-refractivity contribution in [3.8, 4) is 23.1 Å². The molecule has 1 aliphatic heterocycles. The summed E-state index contributed by atoms with van der Waals surface area (Å²) in [5, 5.41) is 0. The highest BCUT2D eigenvalue weighted by Crippen LogP contribution is 2.44. The zero-order chi connectivity index (χ0) is 21.8. The molecule has 0 N–H and O–H groups in total. The Morgan fingerprint density at radius 1 is 0.968 bits per heavy atom. The minimum atomic E-state index is -0.305. The molecule has 1 atom stereocenters. The molecule has 1 aliphatic rings. The molecule has 6 heteroatoms. The highest BCUT2D eigenvalue weighted by molar-refractivity contribution is 5.46. The Labute approximate surface area is 183 Å². The van der Waals surface area contributed by atoms with Gasteiger partial charge in [0.25, 0.3) is 0 Å². The zero-order valence-electron chi connectivity index (χ0n) is 18.4. The van der Waals surface area contributed by atoms with Gasteiger partial charge in [0.15, 0.2) is 0 Å². The van der Waals surface area contributed by atoms with Crippen molar-refractivity contribution in [3.05, 3.63) is 78.0 Å². The molecular weight excluding hydrogens is 392 g/mol. The second kappa shape index (κ2) is 8.96. The molecule has 31 heavy (non-hydrogen) atoms. The Hall–Kier alpha value is -3.09. The van der Waals surface area contributed by atoms with Gasteiger partial charge >= 0.3 is 0 Å². The first kappa shape index (κ1) is 21.2. The molecule has 2 aromatic carbocycles. The molecule has 0 amide bonds. The number of rotatable bonds is 7. The van der Waals surface area contributed by atoms with Gasteiger partial charge in [-0.2, -0.15) is 0 Å². The number of hydrogen-bond donors (Lipinski definition) is 0. The number of pyridine rings is 1. The molecule has 1 unspecified atom stereocenters. The first-order valence-electron chi connectivity index (χ1n) is 10.3. The van der Waals surface area contributed by atoms with Crippen molar-refractivity contribution in [1.29, 1.82) is 0 Å². The third-order valence-electron chi connectivity index (χ3n) is 5.21. The molecular formula is C25H28N2O4. The van der Waals surface area contributed by atoms with Crippen LogP contribution in [0.4, 0.5) is 0 Å². The molecule has 4 rings (SSSR count). The molecule has 0 aliphatic carbocycles. The molecule has 2 heterocycles. The van der Waals surface area contributed by atoms with Crippen LogP contribution in [0.15, 0.2) is 66.9 Å². The van der Waals surface area contributed by atoms with Gasteiger partial charge in [-0.1, -0.05) is 30.3 Å². The highest BCUT2D eigenvalue weighted by Gasteiger charge is 2.41. The Bertz CT molecular complexity index is 984. The second-order valence-electron chi connectivity index (χ2n) is 8.13. The van der Waals surface area contributed by atoms with Gasteiger partial charge in [-0.15, -0.1) is 0 Å². The van der Waals surface area contributed by atoms with E-state index < -0.39 is 0 Å². The van der Waals surface area contributed by atoms with Gasteiger partial charge in [0.2, 0.25) is 5.88 Å². The van der Waals surface area contributed by atoms with Crippen molar-refractivity contribution in [2.45, 2.75) is 32.2 Å². The van der Waals surface area contributed by atoms with Crippen LogP contribution in [0.2, 0.25) is 0 Å². The largest absolute Gasteiger partial charge is 0.496 e. The van der Waals surface area contributed by atoms with Crippen LogP contribution in [0.5, 0.6) is 23.1 Å². The molecule has 1 saturated heterocycles. The predicted octanol–water partition coefficient (Wildman–Crippen LogP) is 5.20. The summed E-state index contributed by atoms with van der Waals surface area (Å²) in [5.41, 5.74) is 1.66. The van der Waals surface area contributed by atoms with Gasteiger partial charge in [-0.05, 0) is 43.7 Å². The van der Waals surface area contributed by atoms with Gasteiger partial charge < -0.3 is 18.9 Å². The summed E-state index contributed by atoms with van der Waals surface area (Å²) >= 11 is 0. The number of benzene rings is 2. The van der Waals surface area contributed by atoms with E-state index in [0.29, 0.717) is 12.4 Å². The lowest BCUT2D eigenvalue weighted by Crippen LogP contribution is -2.28. The summed E-state index contributed by atoms with van der Waals surface area (Å²) < 4.78 is 23.5. The highest BCUT2D eigenvalue weighted by atomic mass is 16.5. The molecule has 162 valence electrons. The summed E-state index contributed by atoms with van der Waals surface area (Å²) in [6.45, 7) is 5.63. The predicted molar refractivity (Wildman–Crippen MR) is 119 cm³/mol. The average Bonchev–Trinajstić information content (AvgIpc) is 3.08. The second-order valence-corrected chi connectivity index (χ2v) is 8.13. The lowest BCUT2D eigenvalue weighted by Gasteiger charge is -2.26. The van der Waals surface area contributed by atoms with Crippen molar-refractivity contribution in [3.63, 3.8) is 0 Å². The van der Waals surface area contributed by atoms with Crippen LogP contribution in [0, 0.1) is 0 Å². The lowest BCUT2D eigenvalue weighted by molar-refractivity contribution is -0.0445. The summed E-state index contributed by atoms with van der Waals surface area (Å²) in [6, 6.07) is 19.3. The third kappa shape index (κ3) is 4.81. The maximum atomic E-state index is 6.43. The first-order chi connectivity index (χ1) is 15.0. The van der Waals surface area contributed by atoms with Crippen LogP contribution >= 0.6 is 0 Å². The van der Waals surface area contributed by atoms with Crippen LogP contribution in [0.25, 0.3) is 0 Å². The topological polar surface area (TPSA) is 53.0 Å². The molecule has 1 aromatic heterocycles. The average molecular weight is 421 g/mol. The van der Waals surface area contributed by atoms with E-state index in [1.54, 1.807) is 14.2 Å². The van der Waals surface area contributed by atoms with Crippen molar-refractivity contribution in [1.82, 2.24) is 9.88 Å². The van der Waals surface area contributed by atoms with Gasteiger partial charge in [0.1, 0.15) is 23.5 Å². The minimum Gasteiger partial charge on any atom is -0.496 e. The van der Waals surface area contributed by atoms with Crippen molar-refractivity contribution in [2.75, 3.05) is 20.8 Å². The Kier molecular flexibility index (Phi) is 6.11. The van der Waals surface area contributed by atoms with E-state index in [-0.39, 0.29) is 11.8 Å². The fourth-order valence-electron chi connectivity index (χ4n) is 3.90. The van der Waals surface area contributed by atoms with Gasteiger partial charge in [-0.3, -0.25) is 4.90 Å². The number of ether oxygens (including phenoxy) is 4. The quantitative estimate of drug-likeness (QED) is 0.524. The number of hydrogen-bond acceptors (Lipinski definition) is 6. The van der Waals surface area contributed by atoms with Gasteiger partial charge in [0, 0.05) is 25.4 Å². The van der Waals surface area contributed by atoms with Crippen molar-refractivity contribution in [2.24, 2.45) is 0 Å². The maximum Gasteiger partial charge on any atom is 0.219 e. The molecule has 0 saturated carbocycles. The van der Waals surface area contributed by atoms with E-state index in [0.717, 1.165) is 34.9 Å². The Morgan fingerprint density at radius 3 is 2.29 bits per heavy atom. The molecule has 0 bridgehead atoms. The molecule has 6 nitrogen and oxygen atoms in total. The lowest BCUT2D eigenvalue weighted by atomic mass is 10.1. The fraction of sp³-hybridized carbons (Fsp3) is 0.320. The Balaban J connectivity index is 1.56. The fourth-order valence-corrected chi connectivity index (χ4v) is 3.90. The van der Waals surface area contributed by atoms with Crippen molar-refractivity contribution < 1.29 is 18.9 Å². The third-order valence-corrected chi connectivity index (χ3v) is 5.21. The van der Waals surface area contributed by atoms with E-state index in [1.165, 1.54) is 0 Å². The van der Waals surface area contributed by atoms with Crippen LogP contribution in [0.1, 0.15) is 31.2 Å². The van der Waals surface area contributed by atoms with E-state index in [1.807, 2.05) is 66.9 Å². The zero-order valence-corrected chi connectivity index (χ0v) is 18.4. The Morgan fingerprint density at radius 2 is 1.68 bits per heavy atom. The summed E-state index contributed by atoms with van der Waals surface area (Å²) in [7, 11) is 3.33. The van der Waals surface area contributed by atoms with Crippen LogP contribution in [0.3, 0.4) is 0 Å². The van der Waals surface area contributed by atoms with Crippen LogP contribution in [-0.4, -0.2) is 36.2 Å². The summed E-state index contributed by atoms with van der Waals surface area (Å²) in [4.78, 5) is 6.75. The smallest absolute Gasteiger partial charge is 0.219 e. The van der Waals surface area contributed by atoms with E-state index in [2.05, 4.69) is 23.7 Å². The molecule has 0 spiro atoms.